The number of esters is 1. The van der Waals surface area contributed by atoms with E-state index < -0.39 is 63.6 Å². The van der Waals surface area contributed by atoms with Gasteiger partial charge in [0.15, 0.2) is 6.10 Å². The summed E-state index contributed by atoms with van der Waals surface area (Å²) >= 11 is 0. The Bertz CT molecular complexity index is 1470. The molecule has 2 unspecified atom stereocenters. The highest BCUT2D eigenvalue weighted by atomic mass is 32.2. The number of β-lactam (4-membered cyclic amide) rings is 1. The van der Waals surface area contributed by atoms with Gasteiger partial charge < -0.3 is 10.1 Å². The number of benzene rings is 3. The zero-order valence-electron chi connectivity index (χ0n) is 21.0. The first-order valence-corrected chi connectivity index (χ1v) is 13.8. The number of hydrogen-bond donors (Lipinski definition) is 1. The van der Waals surface area contributed by atoms with Crippen molar-refractivity contribution in [1.29, 1.82) is 0 Å². The Hall–Kier alpha value is -4.44. The zero-order chi connectivity index (χ0) is 28.2. The number of fused-ring (bicyclic) bond motifs is 1. The summed E-state index contributed by atoms with van der Waals surface area (Å²) < 4.78 is 45.7. The quantitative estimate of drug-likeness (QED) is 0.331. The highest BCUT2D eigenvalue weighted by Gasteiger charge is 2.57. The van der Waals surface area contributed by atoms with Gasteiger partial charge in [0.25, 0.3) is 12.0 Å². The zero-order valence-corrected chi connectivity index (χ0v) is 21.9. The number of ether oxygens (including phenoxy) is 1. The molecule has 0 radical (unpaired) electrons. The lowest BCUT2D eigenvalue weighted by molar-refractivity contribution is -0.154. The van der Waals surface area contributed by atoms with Crippen molar-refractivity contribution in [2.45, 2.75) is 23.9 Å². The van der Waals surface area contributed by atoms with Crippen LogP contribution in [0.3, 0.4) is 0 Å². The molecule has 40 heavy (non-hydrogen) atoms. The van der Waals surface area contributed by atoms with Crippen LogP contribution in [0.2, 0.25) is 0 Å². The van der Waals surface area contributed by atoms with E-state index in [1.165, 1.54) is 0 Å². The van der Waals surface area contributed by atoms with Crippen molar-refractivity contribution in [3.8, 4) is 0 Å². The van der Waals surface area contributed by atoms with Gasteiger partial charge in [0, 0.05) is 11.6 Å². The van der Waals surface area contributed by atoms with Gasteiger partial charge in [0.1, 0.15) is 17.1 Å². The maximum atomic E-state index is 13.6. The fourth-order valence-electron chi connectivity index (χ4n) is 4.79. The molecule has 5 rings (SSSR count). The van der Waals surface area contributed by atoms with Crippen LogP contribution >= 0.6 is 0 Å². The molecule has 7 nitrogen and oxygen atoms in total. The average Bonchev–Trinajstić information content (AvgIpc) is 2.95. The van der Waals surface area contributed by atoms with Crippen LogP contribution in [-0.2, 0) is 36.3 Å². The number of allylic oxidation sites excluding steroid dienone is 1. The molecule has 1 N–H and O–H groups in total. The Balaban J connectivity index is 1.43. The number of hydrogen-bond acceptors (Lipinski definition) is 5. The fourth-order valence-corrected chi connectivity index (χ4v) is 6.42. The van der Waals surface area contributed by atoms with Gasteiger partial charge in [0.2, 0.25) is 5.91 Å². The first-order valence-electron chi connectivity index (χ1n) is 12.4. The molecule has 0 bridgehead atoms. The Labute approximate surface area is 231 Å². The fraction of sp³-hybridized carbons (Fsp3) is 0.167. The predicted octanol–water partition coefficient (Wildman–Crippen LogP) is 4.01. The minimum absolute atomic E-state index is 0.00834. The first kappa shape index (κ1) is 27.1. The third-order valence-corrected chi connectivity index (χ3v) is 8.20. The summed E-state index contributed by atoms with van der Waals surface area (Å²) in [6.45, 7) is 0. The minimum Gasteiger partial charge on any atom is -0.448 e. The van der Waals surface area contributed by atoms with Crippen molar-refractivity contribution in [3.05, 3.63) is 131 Å². The van der Waals surface area contributed by atoms with Crippen LogP contribution in [0, 0.1) is 0 Å². The standard InChI is InChI=1S/C30H24F2N2O5S/c31-23(32)17-22-18-40(38)29-25(33-24(35)16-19-10-4-1-5-11-19)28(36)34(29)26(22)30(37)39-27(20-12-6-2-7-13-20)21-14-8-3-9-15-21/h1-15,17,25,27,29H,16,18H2,(H,33,35)/t25?,29-,40?/m1/s1. The molecule has 1 saturated heterocycles. The van der Waals surface area contributed by atoms with Gasteiger partial charge in [0.05, 0.1) is 23.0 Å². The van der Waals surface area contributed by atoms with Gasteiger partial charge >= 0.3 is 5.97 Å². The molecule has 204 valence electrons. The molecule has 3 aromatic carbocycles. The lowest BCUT2D eigenvalue weighted by atomic mass is 10.0. The largest absolute Gasteiger partial charge is 0.448 e. The molecular formula is C30H24F2N2O5S. The molecule has 0 aromatic heterocycles. The molecule has 10 heteroatoms. The second-order valence-electron chi connectivity index (χ2n) is 9.25. The van der Waals surface area contributed by atoms with E-state index in [-0.39, 0.29) is 12.0 Å². The monoisotopic (exact) mass is 562 g/mol. The molecule has 0 saturated carbocycles. The number of nitrogens with one attached hydrogen (secondary N) is 1. The molecule has 3 aromatic rings. The molecule has 2 aliphatic rings. The van der Waals surface area contributed by atoms with Crippen LogP contribution in [-0.4, -0.2) is 44.1 Å². The van der Waals surface area contributed by atoms with Gasteiger partial charge in [-0.25, -0.2) is 4.79 Å². The normalized spacial score (nSPS) is 19.9. The van der Waals surface area contributed by atoms with E-state index in [4.69, 9.17) is 4.74 Å². The van der Waals surface area contributed by atoms with Gasteiger partial charge in [-0.1, -0.05) is 91.0 Å². The molecule has 2 heterocycles. The average molecular weight is 563 g/mol. The minimum atomic E-state index is -2.11. The van der Waals surface area contributed by atoms with Crippen molar-refractivity contribution in [2.75, 3.05) is 5.75 Å². The summed E-state index contributed by atoms with van der Waals surface area (Å²) in [5.74, 6) is -2.63. The van der Waals surface area contributed by atoms with E-state index in [9.17, 15) is 27.4 Å². The van der Waals surface area contributed by atoms with Crippen molar-refractivity contribution >= 4 is 28.6 Å². The van der Waals surface area contributed by atoms with E-state index in [1.807, 2.05) is 0 Å². The Kier molecular flexibility index (Phi) is 7.97. The van der Waals surface area contributed by atoms with E-state index in [0.717, 1.165) is 10.5 Å². The van der Waals surface area contributed by atoms with Gasteiger partial charge in [-0.05, 0) is 16.7 Å². The van der Waals surface area contributed by atoms with E-state index in [2.05, 4.69) is 5.32 Å². The number of carbonyl (C=O) groups excluding carboxylic acids is 3. The lowest BCUT2D eigenvalue weighted by Crippen LogP contribution is -2.73. The summed E-state index contributed by atoms with van der Waals surface area (Å²) in [5, 5.41) is 1.49. The lowest BCUT2D eigenvalue weighted by Gasteiger charge is -2.49. The molecule has 0 aliphatic carbocycles. The van der Waals surface area contributed by atoms with E-state index >= 15 is 0 Å². The number of rotatable bonds is 8. The second kappa shape index (κ2) is 11.7. The predicted molar refractivity (Wildman–Crippen MR) is 144 cm³/mol. The third kappa shape index (κ3) is 5.62. The molecule has 1 fully saturated rings. The molecular weight excluding hydrogens is 538 g/mol. The van der Waals surface area contributed by atoms with E-state index in [0.29, 0.717) is 17.2 Å². The van der Waals surface area contributed by atoms with Crippen molar-refractivity contribution in [3.63, 3.8) is 0 Å². The third-order valence-electron chi connectivity index (χ3n) is 6.59. The van der Waals surface area contributed by atoms with Crippen LogP contribution in [0.15, 0.2) is 114 Å². The van der Waals surface area contributed by atoms with E-state index in [1.54, 1.807) is 91.0 Å². The SMILES string of the molecule is O=C(Cc1ccccc1)NC1C(=O)N2C(C(=O)OC(c3ccccc3)c3ccccc3)=C(C=C(F)F)CS(=O)[C@H]12. The molecule has 2 aliphatic heterocycles. The van der Waals surface area contributed by atoms with Gasteiger partial charge in [-0.2, -0.15) is 8.78 Å². The van der Waals surface area contributed by atoms with Crippen molar-refractivity contribution < 1.29 is 32.1 Å². The number of carbonyl (C=O) groups is 3. The Morgan fingerprint density at radius 2 is 1.50 bits per heavy atom. The summed E-state index contributed by atoms with van der Waals surface area (Å²) in [4.78, 5) is 40.4. The summed E-state index contributed by atoms with van der Waals surface area (Å²) in [6, 6.07) is 25.4. The summed E-state index contributed by atoms with van der Waals surface area (Å²) in [7, 11) is -1.86. The van der Waals surface area contributed by atoms with Gasteiger partial charge in [-0.15, -0.1) is 0 Å². The van der Waals surface area contributed by atoms with Crippen LogP contribution in [0.4, 0.5) is 8.78 Å². The molecule has 2 amide bonds. The van der Waals surface area contributed by atoms with Crippen LogP contribution < -0.4 is 5.32 Å². The first-order chi connectivity index (χ1) is 19.3. The second-order valence-corrected chi connectivity index (χ2v) is 10.8. The van der Waals surface area contributed by atoms with Gasteiger partial charge in [-0.3, -0.25) is 18.7 Å². The topological polar surface area (TPSA) is 92.8 Å². The molecule has 3 atom stereocenters. The smallest absolute Gasteiger partial charge is 0.356 e. The van der Waals surface area contributed by atoms with Crippen LogP contribution in [0.5, 0.6) is 0 Å². The summed E-state index contributed by atoms with van der Waals surface area (Å²) in [6.07, 6.45) is -2.59. The number of amides is 2. The maximum Gasteiger partial charge on any atom is 0.356 e. The molecule has 0 spiro atoms. The Morgan fingerprint density at radius 1 is 0.950 bits per heavy atom. The van der Waals surface area contributed by atoms with Crippen molar-refractivity contribution in [1.82, 2.24) is 10.2 Å². The van der Waals surface area contributed by atoms with Crippen molar-refractivity contribution in [2.24, 2.45) is 0 Å². The van der Waals surface area contributed by atoms with Crippen LogP contribution in [0.25, 0.3) is 0 Å². The highest BCUT2D eigenvalue weighted by molar-refractivity contribution is 7.86. The number of halogens is 2. The maximum absolute atomic E-state index is 13.6. The number of nitrogens with zero attached hydrogens (tertiary/aromatic N) is 1. The Morgan fingerprint density at radius 3 is 2.05 bits per heavy atom. The highest BCUT2D eigenvalue weighted by Crippen LogP contribution is 2.38. The van der Waals surface area contributed by atoms with Crippen LogP contribution in [0.1, 0.15) is 22.8 Å². The summed E-state index contributed by atoms with van der Waals surface area (Å²) in [5.41, 5.74) is 1.30.